The van der Waals surface area contributed by atoms with E-state index >= 15 is 0 Å². The molecule has 0 amide bonds. The van der Waals surface area contributed by atoms with E-state index in [9.17, 15) is 0 Å². The Balaban J connectivity index is 1.96. The molecule has 0 aliphatic heterocycles. The van der Waals surface area contributed by atoms with Crippen molar-refractivity contribution in [3.63, 3.8) is 0 Å². The van der Waals surface area contributed by atoms with E-state index in [0.29, 0.717) is 5.38 Å². The second-order valence-corrected chi connectivity index (χ2v) is 4.73. The van der Waals surface area contributed by atoms with Crippen LogP contribution in [-0.4, -0.2) is 18.0 Å². The number of hydrogen-bond acceptors (Lipinski definition) is 1. The molecular weight excluding hydrogens is 182 g/mol. The van der Waals surface area contributed by atoms with E-state index in [1.807, 2.05) is 0 Å². The molecule has 0 unspecified atom stereocenters. The fraction of sp³-hybridized carbons (Fsp3) is 1.00. The van der Waals surface area contributed by atoms with Crippen LogP contribution in [0, 0.1) is 0 Å². The Morgan fingerprint density at radius 3 is 2.46 bits per heavy atom. The van der Waals surface area contributed by atoms with Crippen molar-refractivity contribution in [2.75, 3.05) is 6.54 Å². The van der Waals surface area contributed by atoms with Gasteiger partial charge in [-0.3, -0.25) is 0 Å². The maximum absolute atomic E-state index is 6.04. The molecular formula is C11H22ClN. The molecule has 0 saturated heterocycles. The van der Waals surface area contributed by atoms with Gasteiger partial charge in [-0.25, -0.2) is 0 Å². The Bertz CT molecular complexity index is 119. The van der Waals surface area contributed by atoms with Crippen LogP contribution in [0.25, 0.3) is 0 Å². The summed E-state index contributed by atoms with van der Waals surface area (Å²) in [5.74, 6) is 0. The molecule has 0 bridgehead atoms. The van der Waals surface area contributed by atoms with Gasteiger partial charge in [0, 0.05) is 11.4 Å². The van der Waals surface area contributed by atoms with Crippen molar-refractivity contribution in [1.82, 2.24) is 5.32 Å². The first-order valence-corrected chi connectivity index (χ1v) is 6.14. The zero-order valence-electron chi connectivity index (χ0n) is 8.69. The number of alkyl halides is 1. The van der Waals surface area contributed by atoms with Gasteiger partial charge in [-0.2, -0.15) is 0 Å². The predicted octanol–water partition coefficient (Wildman–Crippen LogP) is 3.32. The maximum atomic E-state index is 6.04. The van der Waals surface area contributed by atoms with Crippen LogP contribution in [0.3, 0.4) is 0 Å². The summed E-state index contributed by atoms with van der Waals surface area (Å²) in [7, 11) is 0. The highest BCUT2D eigenvalue weighted by molar-refractivity contribution is 6.20. The molecule has 0 spiro atoms. The fourth-order valence-electron chi connectivity index (χ4n) is 1.94. The monoisotopic (exact) mass is 203 g/mol. The second-order valence-electron chi connectivity index (χ2n) is 4.11. The minimum absolute atomic E-state index is 0.452. The highest BCUT2D eigenvalue weighted by Gasteiger charge is 2.18. The predicted molar refractivity (Wildman–Crippen MR) is 59.4 cm³/mol. The van der Waals surface area contributed by atoms with E-state index in [1.54, 1.807) is 0 Å². The van der Waals surface area contributed by atoms with Gasteiger partial charge in [0.15, 0.2) is 0 Å². The van der Waals surface area contributed by atoms with Crippen LogP contribution in [0.1, 0.15) is 51.9 Å². The number of unbranched alkanes of at least 4 members (excludes halogenated alkanes) is 2. The minimum atomic E-state index is 0.452. The molecule has 0 heterocycles. The Kier molecular flexibility index (Phi) is 5.81. The maximum Gasteiger partial charge on any atom is 0.0337 e. The molecule has 1 rings (SSSR count). The molecule has 2 heteroatoms. The van der Waals surface area contributed by atoms with Crippen LogP contribution < -0.4 is 5.32 Å². The van der Waals surface area contributed by atoms with E-state index in [-0.39, 0.29) is 0 Å². The summed E-state index contributed by atoms with van der Waals surface area (Å²) in [5, 5.41) is 4.07. The normalized spacial score (nSPS) is 29.1. The summed E-state index contributed by atoms with van der Waals surface area (Å²) >= 11 is 6.04. The van der Waals surface area contributed by atoms with Crippen molar-refractivity contribution in [2.45, 2.75) is 63.3 Å². The summed E-state index contributed by atoms with van der Waals surface area (Å²) in [6.45, 7) is 3.45. The SMILES string of the molecule is CCCCCNC1CCC(Cl)CC1. The third-order valence-electron chi connectivity index (χ3n) is 2.87. The lowest BCUT2D eigenvalue weighted by Gasteiger charge is -2.25. The second kappa shape index (κ2) is 6.67. The standard InChI is InChI=1S/C11H22ClN/c1-2-3-4-9-13-11-7-5-10(12)6-8-11/h10-11,13H,2-9H2,1H3. The van der Waals surface area contributed by atoms with Gasteiger partial charge in [-0.1, -0.05) is 19.8 Å². The molecule has 1 aliphatic carbocycles. The van der Waals surface area contributed by atoms with Crippen LogP contribution >= 0.6 is 11.6 Å². The van der Waals surface area contributed by atoms with Crippen LogP contribution in [0.2, 0.25) is 0 Å². The van der Waals surface area contributed by atoms with Crippen molar-refractivity contribution < 1.29 is 0 Å². The first-order valence-electron chi connectivity index (χ1n) is 5.70. The van der Waals surface area contributed by atoms with E-state index in [0.717, 1.165) is 6.04 Å². The van der Waals surface area contributed by atoms with Gasteiger partial charge in [-0.15, -0.1) is 11.6 Å². The molecule has 1 N–H and O–H groups in total. The summed E-state index contributed by atoms with van der Waals surface area (Å²) in [6.07, 6.45) is 8.96. The molecule has 0 aromatic rings. The topological polar surface area (TPSA) is 12.0 Å². The van der Waals surface area contributed by atoms with Crippen molar-refractivity contribution in [1.29, 1.82) is 0 Å². The largest absolute Gasteiger partial charge is 0.314 e. The molecule has 1 fully saturated rings. The summed E-state index contributed by atoms with van der Waals surface area (Å²) < 4.78 is 0. The lowest BCUT2D eigenvalue weighted by atomic mass is 9.95. The number of halogens is 1. The van der Waals surface area contributed by atoms with Crippen LogP contribution in [0.4, 0.5) is 0 Å². The van der Waals surface area contributed by atoms with Gasteiger partial charge in [0.25, 0.3) is 0 Å². The highest BCUT2D eigenvalue weighted by Crippen LogP contribution is 2.22. The molecule has 0 radical (unpaired) electrons. The van der Waals surface area contributed by atoms with E-state index < -0.39 is 0 Å². The van der Waals surface area contributed by atoms with Crippen molar-refractivity contribution >= 4 is 11.6 Å². The lowest BCUT2D eigenvalue weighted by Crippen LogP contribution is -2.33. The molecule has 78 valence electrons. The van der Waals surface area contributed by atoms with Gasteiger partial charge >= 0.3 is 0 Å². The molecule has 1 aliphatic rings. The van der Waals surface area contributed by atoms with E-state index in [4.69, 9.17) is 11.6 Å². The zero-order chi connectivity index (χ0) is 9.52. The third kappa shape index (κ3) is 4.87. The quantitative estimate of drug-likeness (QED) is 0.534. The van der Waals surface area contributed by atoms with Crippen molar-refractivity contribution in [3.8, 4) is 0 Å². The van der Waals surface area contributed by atoms with Crippen molar-refractivity contribution in [3.05, 3.63) is 0 Å². The molecule has 13 heavy (non-hydrogen) atoms. The lowest BCUT2D eigenvalue weighted by molar-refractivity contribution is 0.374. The van der Waals surface area contributed by atoms with E-state index in [2.05, 4.69) is 12.2 Å². The van der Waals surface area contributed by atoms with Crippen LogP contribution in [0.15, 0.2) is 0 Å². The third-order valence-corrected chi connectivity index (χ3v) is 3.31. The number of hydrogen-bond donors (Lipinski definition) is 1. The average molecular weight is 204 g/mol. The molecule has 1 nitrogen and oxygen atoms in total. The zero-order valence-corrected chi connectivity index (χ0v) is 9.45. The Hall–Kier alpha value is 0.250. The van der Waals surface area contributed by atoms with Crippen LogP contribution in [0.5, 0.6) is 0 Å². The van der Waals surface area contributed by atoms with Gasteiger partial charge in [0.2, 0.25) is 0 Å². The first-order chi connectivity index (χ1) is 6.33. The number of rotatable bonds is 5. The highest BCUT2D eigenvalue weighted by atomic mass is 35.5. The van der Waals surface area contributed by atoms with Crippen molar-refractivity contribution in [2.24, 2.45) is 0 Å². The van der Waals surface area contributed by atoms with Crippen LogP contribution in [-0.2, 0) is 0 Å². The summed E-state index contributed by atoms with van der Waals surface area (Å²) in [4.78, 5) is 0. The van der Waals surface area contributed by atoms with Gasteiger partial charge in [0.05, 0.1) is 0 Å². The first kappa shape index (κ1) is 11.3. The summed E-state index contributed by atoms with van der Waals surface area (Å²) in [6, 6.07) is 0.756. The average Bonchev–Trinajstić information content (AvgIpc) is 2.15. The smallest absolute Gasteiger partial charge is 0.0337 e. The fourth-order valence-corrected chi connectivity index (χ4v) is 2.19. The minimum Gasteiger partial charge on any atom is -0.314 e. The Morgan fingerprint density at radius 1 is 1.15 bits per heavy atom. The number of nitrogens with one attached hydrogen (secondary N) is 1. The molecule has 0 aromatic heterocycles. The van der Waals surface area contributed by atoms with Gasteiger partial charge in [0.1, 0.15) is 0 Å². The molecule has 1 saturated carbocycles. The van der Waals surface area contributed by atoms with Gasteiger partial charge < -0.3 is 5.32 Å². The summed E-state index contributed by atoms with van der Waals surface area (Å²) in [5.41, 5.74) is 0. The van der Waals surface area contributed by atoms with E-state index in [1.165, 1.54) is 51.5 Å². The van der Waals surface area contributed by atoms with Gasteiger partial charge in [-0.05, 0) is 38.6 Å². The molecule has 0 atom stereocenters. The Morgan fingerprint density at radius 2 is 1.85 bits per heavy atom. The Labute approximate surface area is 87.2 Å². The molecule has 0 aromatic carbocycles.